The number of ether oxygens (including phenoxy) is 1. The van der Waals surface area contributed by atoms with E-state index in [1.54, 1.807) is 12.1 Å². The van der Waals surface area contributed by atoms with Gasteiger partial charge >= 0.3 is 0 Å². The van der Waals surface area contributed by atoms with Gasteiger partial charge in [-0.15, -0.1) is 0 Å². The van der Waals surface area contributed by atoms with Gasteiger partial charge in [-0.2, -0.15) is 0 Å². The largest absolute Gasteiger partial charge is 0.492 e. The Bertz CT molecular complexity index is 1000. The highest BCUT2D eigenvalue weighted by Crippen LogP contribution is 2.26. The fraction of sp³-hybridized carbons (Fsp3) is 0.409. The van der Waals surface area contributed by atoms with Crippen LogP contribution in [0.15, 0.2) is 47.4 Å². The normalized spacial score (nSPS) is 15.7. The minimum Gasteiger partial charge on any atom is -0.492 e. The van der Waals surface area contributed by atoms with Gasteiger partial charge in [-0.1, -0.05) is 23.7 Å². The molecule has 0 unspecified atom stereocenters. The van der Waals surface area contributed by atoms with E-state index in [2.05, 4.69) is 10.2 Å². The predicted octanol–water partition coefficient (Wildman–Crippen LogP) is 3.54. The van der Waals surface area contributed by atoms with Crippen LogP contribution in [-0.4, -0.2) is 51.2 Å². The molecule has 1 aliphatic rings. The molecule has 6 nitrogen and oxygen atoms in total. The Balaban J connectivity index is 1.54. The van der Waals surface area contributed by atoms with Crippen molar-refractivity contribution in [3.8, 4) is 5.75 Å². The first-order valence-corrected chi connectivity index (χ1v) is 12.3. The summed E-state index contributed by atoms with van der Waals surface area (Å²) in [5, 5.41) is 3.65. The summed E-state index contributed by atoms with van der Waals surface area (Å²) >= 11 is 6.16. The molecule has 0 saturated carbocycles. The SMILES string of the molecule is CCOc1cc(CN2CCC(NC(=O)c3cccc(S(C)(=O)=O)c3)CC2)ccc1Cl. The van der Waals surface area contributed by atoms with E-state index in [4.69, 9.17) is 16.3 Å². The van der Waals surface area contributed by atoms with Crippen LogP contribution in [-0.2, 0) is 16.4 Å². The van der Waals surface area contributed by atoms with Gasteiger partial charge in [0.05, 0.1) is 16.5 Å². The summed E-state index contributed by atoms with van der Waals surface area (Å²) in [4.78, 5) is 15.0. The molecule has 0 atom stereocenters. The number of rotatable bonds is 7. The second kappa shape index (κ2) is 9.81. The van der Waals surface area contributed by atoms with Crippen LogP contribution in [0.25, 0.3) is 0 Å². The van der Waals surface area contributed by atoms with Crippen molar-refractivity contribution in [2.24, 2.45) is 0 Å². The lowest BCUT2D eigenvalue weighted by molar-refractivity contribution is 0.0908. The summed E-state index contributed by atoms with van der Waals surface area (Å²) in [6, 6.07) is 12.1. The van der Waals surface area contributed by atoms with Crippen LogP contribution < -0.4 is 10.1 Å². The molecular weight excluding hydrogens is 424 g/mol. The number of benzene rings is 2. The third kappa shape index (κ3) is 5.97. The van der Waals surface area contributed by atoms with Gasteiger partial charge in [0.25, 0.3) is 5.91 Å². The summed E-state index contributed by atoms with van der Waals surface area (Å²) < 4.78 is 29.0. The first-order valence-electron chi connectivity index (χ1n) is 10.0. The van der Waals surface area contributed by atoms with Gasteiger partial charge in [0.1, 0.15) is 5.75 Å². The zero-order valence-electron chi connectivity index (χ0n) is 17.2. The maximum Gasteiger partial charge on any atom is 0.251 e. The van der Waals surface area contributed by atoms with E-state index in [0.717, 1.165) is 44.3 Å². The summed E-state index contributed by atoms with van der Waals surface area (Å²) in [6.07, 6.45) is 2.81. The molecule has 0 bridgehead atoms. The summed E-state index contributed by atoms with van der Waals surface area (Å²) in [5.41, 5.74) is 1.51. The lowest BCUT2D eigenvalue weighted by atomic mass is 10.0. The van der Waals surface area contributed by atoms with E-state index in [0.29, 0.717) is 22.9 Å². The molecular formula is C22H27ClN2O4S. The molecule has 1 fully saturated rings. The molecule has 2 aromatic carbocycles. The van der Waals surface area contributed by atoms with Gasteiger partial charge in [0.15, 0.2) is 9.84 Å². The molecule has 8 heteroatoms. The molecule has 1 aliphatic heterocycles. The quantitative estimate of drug-likeness (QED) is 0.698. The van der Waals surface area contributed by atoms with Gasteiger partial charge in [-0.25, -0.2) is 8.42 Å². The van der Waals surface area contributed by atoms with Crippen LogP contribution in [0.5, 0.6) is 5.75 Å². The van der Waals surface area contributed by atoms with Crippen molar-refractivity contribution in [3.63, 3.8) is 0 Å². The van der Waals surface area contributed by atoms with E-state index in [1.807, 2.05) is 25.1 Å². The van der Waals surface area contributed by atoms with Crippen LogP contribution in [0.4, 0.5) is 0 Å². The summed E-state index contributed by atoms with van der Waals surface area (Å²) in [6.45, 7) is 5.02. The Labute approximate surface area is 183 Å². The van der Waals surface area contributed by atoms with Gasteiger partial charge in [0.2, 0.25) is 0 Å². The van der Waals surface area contributed by atoms with Crippen molar-refractivity contribution < 1.29 is 17.9 Å². The highest BCUT2D eigenvalue weighted by molar-refractivity contribution is 7.90. The molecule has 2 aromatic rings. The third-order valence-electron chi connectivity index (χ3n) is 5.15. The number of hydrogen-bond acceptors (Lipinski definition) is 5. The molecule has 1 N–H and O–H groups in total. The van der Waals surface area contributed by atoms with E-state index in [9.17, 15) is 13.2 Å². The number of piperidine rings is 1. The van der Waals surface area contributed by atoms with Gasteiger partial charge in [-0.05, 0) is 55.7 Å². The predicted molar refractivity (Wildman–Crippen MR) is 118 cm³/mol. The highest BCUT2D eigenvalue weighted by Gasteiger charge is 2.22. The van der Waals surface area contributed by atoms with Crippen molar-refractivity contribution in [1.29, 1.82) is 0 Å². The molecule has 1 amide bonds. The average molecular weight is 451 g/mol. The van der Waals surface area contributed by atoms with Crippen molar-refractivity contribution in [3.05, 3.63) is 58.6 Å². The zero-order valence-corrected chi connectivity index (χ0v) is 18.8. The number of halogens is 1. The average Bonchev–Trinajstić information content (AvgIpc) is 2.71. The highest BCUT2D eigenvalue weighted by atomic mass is 35.5. The number of carbonyl (C=O) groups excluding carboxylic acids is 1. The third-order valence-corrected chi connectivity index (χ3v) is 6.57. The van der Waals surface area contributed by atoms with Crippen molar-refractivity contribution in [1.82, 2.24) is 10.2 Å². The van der Waals surface area contributed by atoms with Crippen LogP contribution in [0, 0.1) is 0 Å². The van der Waals surface area contributed by atoms with E-state index in [1.165, 1.54) is 12.1 Å². The van der Waals surface area contributed by atoms with Gasteiger partial charge in [-0.3, -0.25) is 9.69 Å². The smallest absolute Gasteiger partial charge is 0.251 e. The number of nitrogens with zero attached hydrogens (tertiary/aromatic N) is 1. The zero-order chi connectivity index (χ0) is 21.7. The number of hydrogen-bond donors (Lipinski definition) is 1. The Hall–Kier alpha value is -2.09. The summed E-state index contributed by atoms with van der Waals surface area (Å²) in [5.74, 6) is 0.466. The fourth-order valence-corrected chi connectivity index (χ4v) is 4.38. The Kier molecular flexibility index (Phi) is 7.39. The molecule has 0 radical (unpaired) electrons. The fourth-order valence-electron chi connectivity index (χ4n) is 3.54. The van der Waals surface area contributed by atoms with Crippen LogP contribution in [0.3, 0.4) is 0 Å². The molecule has 162 valence electrons. The Morgan fingerprint density at radius 3 is 2.60 bits per heavy atom. The van der Waals surface area contributed by atoms with Crippen LogP contribution in [0.1, 0.15) is 35.7 Å². The maximum atomic E-state index is 12.5. The van der Waals surface area contributed by atoms with E-state index < -0.39 is 9.84 Å². The molecule has 0 aliphatic carbocycles. The molecule has 1 heterocycles. The molecule has 0 spiro atoms. The van der Waals surface area contributed by atoms with E-state index in [-0.39, 0.29) is 16.8 Å². The molecule has 30 heavy (non-hydrogen) atoms. The summed E-state index contributed by atoms with van der Waals surface area (Å²) in [7, 11) is -3.34. The standard InChI is InChI=1S/C22H27ClN2O4S/c1-3-29-21-13-16(7-8-20(21)23)15-25-11-9-18(10-12-25)24-22(26)17-5-4-6-19(14-17)30(2,27)28/h4-8,13-14,18H,3,9-12,15H2,1-2H3,(H,24,26). The monoisotopic (exact) mass is 450 g/mol. The second-order valence-electron chi connectivity index (χ2n) is 7.52. The first kappa shape index (κ1) is 22.6. The van der Waals surface area contributed by atoms with Gasteiger partial charge < -0.3 is 10.1 Å². The molecule has 1 saturated heterocycles. The molecule has 3 rings (SSSR count). The minimum atomic E-state index is -3.34. The first-order chi connectivity index (χ1) is 14.3. The second-order valence-corrected chi connectivity index (χ2v) is 9.94. The van der Waals surface area contributed by atoms with Crippen molar-refractivity contribution >= 4 is 27.3 Å². The lowest BCUT2D eigenvalue weighted by Crippen LogP contribution is -2.44. The number of carbonyl (C=O) groups is 1. The lowest BCUT2D eigenvalue weighted by Gasteiger charge is -2.32. The van der Waals surface area contributed by atoms with Gasteiger partial charge in [0, 0.05) is 37.5 Å². The topological polar surface area (TPSA) is 75.7 Å². The van der Waals surface area contributed by atoms with E-state index >= 15 is 0 Å². The number of nitrogens with one attached hydrogen (secondary N) is 1. The molecule has 0 aromatic heterocycles. The Morgan fingerprint density at radius 2 is 1.93 bits per heavy atom. The minimum absolute atomic E-state index is 0.0693. The number of amides is 1. The van der Waals surface area contributed by atoms with Crippen molar-refractivity contribution in [2.45, 2.75) is 37.2 Å². The number of likely N-dealkylation sites (tertiary alicyclic amines) is 1. The number of sulfone groups is 1. The maximum absolute atomic E-state index is 12.5. The van der Waals surface area contributed by atoms with Crippen LogP contribution in [0.2, 0.25) is 5.02 Å². The van der Waals surface area contributed by atoms with Crippen LogP contribution >= 0.6 is 11.6 Å². The Morgan fingerprint density at radius 1 is 1.20 bits per heavy atom. The van der Waals surface area contributed by atoms with Crippen molar-refractivity contribution in [2.75, 3.05) is 26.0 Å².